The zero-order valence-electron chi connectivity index (χ0n) is 11.4. The molecule has 0 atom stereocenters. The number of halogens is 2. The Bertz CT molecular complexity index is 789. The van der Waals surface area contributed by atoms with Gasteiger partial charge in [-0.05, 0) is 34.5 Å². The zero-order valence-corrected chi connectivity index (χ0v) is 13.8. The van der Waals surface area contributed by atoms with Crippen LogP contribution < -0.4 is 10.5 Å². The molecule has 6 nitrogen and oxygen atoms in total. The molecule has 0 saturated heterocycles. The number of nitrogens with one attached hydrogen (secondary N) is 1. The molecule has 0 unspecified atom stereocenters. The van der Waals surface area contributed by atoms with E-state index in [0.717, 1.165) is 6.07 Å². The Morgan fingerprint density at radius 1 is 1.48 bits per heavy atom. The monoisotopic (exact) mass is 376 g/mol. The molecule has 0 radical (unpaired) electrons. The number of sulfonamides is 1. The summed E-state index contributed by atoms with van der Waals surface area (Å²) < 4.78 is 42.5. The van der Waals surface area contributed by atoms with Crippen molar-refractivity contribution in [3.05, 3.63) is 34.3 Å². The summed E-state index contributed by atoms with van der Waals surface area (Å²) in [6.45, 7) is 1.85. The molecule has 3 N–H and O–H groups in total. The Hall–Kier alpha value is -1.61. The molecule has 0 bridgehead atoms. The van der Waals surface area contributed by atoms with Crippen molar-refractivity contribution in [2.24, 2.45) is 7.05 Å². The van der Waals surface area contributed by atoms with Crippen LogP contribution in [-0.2, 0) is 23.5 Å². The van der Waals surface area contributed by atoms with Gasteiger partial charge in [-0.15, -0.1) is 0 Å². The van der Waals surface area contributed by atoms with Crippen LogP contribution in [0, 0.1) is 5.82 Å². The summed E-state index contributed by atoms with van der Waals surface area (Å²) in [5, 5.41) is 4.13. The van der Waals surface area contributed by atoms with Gasteiger partial charge in [0.05, 0.1) is 15.9 Å². The maximum absolute atomic E-state index is 14.0. The summed E-state index contributed by atoms with van der Waals surface area (Å²) in [6, 6.07) is 2.38. The van der Waals surface area contributed by atoms with Crippen LogP contribution in [0.1, 0.15) is 12.6 Å². The number of nitrogens with two attached hydrogens (primary N) is 1. The van der Waals surface area contributed by atoms with E-state index in [1.165, 1.54) is 16.9 Å². The van der Waals surface area contributed by atoms with Gasteiger partial charge in [0.15, 0.2) is 5.82 Å². The predicted octanol–water partition coefficient (Wildman–Crippen LogP) is 2.27. The van der Waals surface area contributed by atoms with Gasteiger partial charge in [0.2, 0.25) is 0 Å². The van der Waals surface area contributed by atoms with E-state index in [9.17, 15) is 12.8 Å². The average molecular weight is 377 g/mol. The zero-order chi connectivity index (χ0) is 15.8. The van der Waals surface area contributed by atoms with Crippen LogP contribution in [0.3, 0.4) is 0 Å². The van der Waals surface area contributed by atoms with Crippen molar-refractivity contribution in [3.8, 4) is 0 Å². The van der Waals surface area contributed by atoms with E-state index >= 15 is 0 Å². The largest absolute Gasteiger partial charge is 0.399 e. The van der Waals surface area contributed by atoms with E-state index in [2.05, 4.69) is 25.8 Å². The minimum atomic E-state index is -4.10. The number of benzene rings is 1. The van der Waals surface area contributed by atoms with Crippen molar-refractivity contribution < 1.29 is 12.8 Å². The van der Waals surface area contributed by atoms with Gasteiger partial charge in [-0.2, -0.15) is 5.10 Å². The highest BCUT2D eigenvalue weighted by molar-refractivity contribution is 9.10. The van der Waals surface area contributed by atoms with Gasteiger partial charge < -0.3 is 5.73 Å². The van der Waals surface area contributed by atoms with Crippen molar-refractivity contribution in [1.29, 1.82) is 0 Å². The molecule has 0 aliphatic heterocycles. The van der Waals surface area contributed by atoms with Crippen LogP contribution in [0.25, 0.3) is 0 Å². The summed E-state index contributed by atoms with van der Waals surface area (Å²) in [7, 11) is -2.42. The lowest BCUT2D eigenvalue weighted by molar-refractivity contribution is 0.567. The smallest absolute Gasteiger partial charge is 0.265 e. The second-order valence-corrected chi connectivity index (χ2v) is 6.94. The SMILES string of the molecule is CCc1nn(C)cc1NS(=O)(=O)c1cc(N)cc(Br)c1F. The normalized spacial score (nSPS) is 11.6. The topological polar surface area (TPSA) is 90.0 Å². The molecule has 2 aromatic rings. The number of hydrogen-bond donors (Lipinski definition) is 2. The lowest BCUT2D eigenvalue weighted by Gasteiger charge is -2.10. The average Bonchev–Trinajstić information content (AvgIpc) is 2.72. The van der Waals surface area contributed by atoms with Crippen molar-refractivity contribution in [1.82, 2.24) is 9.78 Å². The molecule has 0 fully saturated rings. The fraction of sp³-hybridized carbons (Fsp3) is 0.250. The van der Waals surface area contributed by atoms with E-state index < -0.39 is 20.7 Å². The molecule has 1 aromatic carbocycles. The molecular weight excluding hydrogens is 363 g/mol. The first kappa shape index (κ1) is 15.8. The van der Waals surface area contributed by atoms with Crippen LogP contribution >= 0.6 is 15.9 Å². The molecule has 2 rings (SSSR count). The van der Waals surface area contributed by atoms with Crippen molar-refractivity contribution in [2.75, 3.05) is 10.5 Å². The third-order valence-corrected chi connectivity index (χ3v) is 4.73. The van der Waals surface area contributed by atoms with Crippen molar-refractivity contribution in [3.63, 3.8) is 0 Å². The van der Waals surface area contributed by atoms with Gasteiger partial charge >= 0.3 is 0 Å². The number of anilines is 2. The number of rotatable bonds is 4. The van der Waals surface area contributed by atoms with E-state index in [0.29, 0.717) is 17.8 Å². The highest BCUT2D eigenvalue weighted by Gasteiger charge is 2.23. The van der Waals surface area contributed by atoms with Crippen LogP contribution in [0.4, 0.5) is 15.8 Å². The van der Waals surface area contributed by atoms with Crippen LogP contribution in [0.15, 0.2) is 27.7 Å². The Morgan fingerprint density at radius 2 is 2.14 bits per heavy atom. The van der Waals surface area contributed by atoms with Crippen LogP contribution in [0.2, 0.25) is 0 Å². The predicted molar refractivity (Wildman–Crippen MR) is 81.9 cm³/mol. The Morgan fingerprint density at radius 3 is 2.76 bits per heavy atom. The minimum Gasteiger partial charge on any atom is -0.399 e. The summed E-state index contributed by atoms with van der Waals surface area (Å²) in [6.07, 6.45) is 2.07. The highest BCUT2D eigenvalue weighted by Crippen LogP contribution is 2.28. The van der Waals surface area contributed by atoms with Gasteiger partial charge in [-0.3, -0.25) is 9.40 Å². The van der Waals surface area contributed by atoms with E-state index in [-0.39, 0.29) is 10.2 Å². The van der Waals surface area contributed by atoms with E-state index in [1.54, 1.807) is 7.05 Å². The first-order chi connectivity index (χ1) is 9.74. The first-order valence-electron chi connectivity index (χ1n) is 6.04. The summed E-state index contributed by atoms with van der Waals surface area (Å²) in [4.78, 5) is -0.514. The molecule has 114 valence electrons. The summed E-state index contributed by atoms with van der Waals surface area (Å²) in [5.41, 5.74) is 6.61. The number of nitrogens with zero attached hydrogens (tertiary/aromatic N) is 2. The molecule has 0 amide bonds. The number of aromatic nitrogens is 2. The Labute approximate surface area is 130 Å². The second kappa shape index (κ2) is 5.64. The van der Waals surface area contributed by atoms with E-state index in [1.807, 2.05) is 6.92 Å². The lowest BCUT2D eigenvalue weighted by atomic mass is 10.3. The van der Waals surface area contributed by atoms with Crippen LogP contribution in [0.5, 0.6) is 0 Å². The van der Waals surface area contributed by atoms with Gasteiger partial charge in [0.25, 0.3) is 10.0 Å². The van der Waals surface area contributed by atoms with Crippen molar-refractivity contribution in [2.45, 2.75) is 18.2 Å². The second-order valence-electron chi connectivity index (χ2n) is 4.44. The molecule has 1 aromatic heterocycles. The van der Waals surface area contributed by atoms with Crippen molar-refractivity contribution >= 4 is 37.3 Å². The number of aryl methyl sites for hydroxylation is 2. The first-order valence-corrected chi connectivity index (χ1v) is 8.32. The molecule has 0 saturated carbocycles. The molecule has 21 heavy (non-hydrogen) atoms. The van der Waals surface area contributed by atoms with Crippen LogP contribution in [-0.4, -0.2) is 18.2 Å². The standard InChI is InChI=1S/C12H14BrFN4O2S/c1-3-9-10(6-18(2)16-9)17-21(19,20)11-5-7(15)4-8(13)12(11)14/h4-6,17H,3,15H2,1-2H3. The molecular formula is C12H14BrFN4O2S. The fourth-order valence-electron chi connectivity index (χ4n) is 1.86. The van der Waals surface area contributed by atoms with E-state index in [4.69, 9.17) is 5.73 Å². The lowest BCUT2D eigenvalue weighted by Crippen LogP contribution is -2.16. The molecule has 0 spiro atoms. The fourth-order valence-corrected chi connectivity index (χ4v) is 3.68. The Balaban J connectivity index is 2.48. The highest BCUT2D eigenvalue weighted by atomic mass is 79.9. The van der Waals surface area contributed by atoms with Gasteiger partial charge in [-0.25, -0.2) is 12.8 Å². The number of nitrogen functional groups attached to an aromatic ring is 1. The number of hydrogen-bond acceptors (Lipinski definition) is 4. The van der Waals surface area contributed by atoms with Gasteiger partial charge in [-0.1, -0.05) is 6.92 Å². The minimum absolute atomic E-state index is 0.00947. The molecule has 0 aliphatic carbocycles. The third-order valence-electron chi connectivity index (χ3n) is 2.79. The van der Waals surface area contributed by atoms with Gasteiger partial charge in [0, 0.05) is 18.9 Å². The molecule has 1 heterocycles. The maximum Gasteiger partial charge on any atom is 0.265 e. The third kappa shape index (κ3) is 3.18. The van der Waals surface area contributed by atoms with Gasteiger partial charge in [0.1, 0.15) is 4.90 Å². The summed E-state index contributed by atoms with van der Waals surface area (Å²) >= 11 is 2.94. The Kier molecular flexibility index (Phi) is 4.24. The summed E-state index contributed by atoms with van der Waals surface area (Å²) in [5.74, 6) is -0.890. The quantitative estimate of drug-likeness (QED) is 0.800. The molecule has 0 aliphatic rings. The molecule has 9 heteroatoms. The maximum atomic E-state index is 14.0.